The van der Waals surface area contributed by atoms with Gasteiger partial charge >= 0.3 is 12.1 Å². The Morgan fingerprint density at radius 3 is 2.75 bits per heavy atom. The highest BCUT2D eigenvalue weighted by molar-refractivity contribution is 6.05. The molecule has 168 valence electrons. The number of carbonyl (C=O) groups is 2. The van der Waals surface area contributed by atoms with Crippen LogP contribution in [0.4, 0.5) is 10.5 Å². The van der Waals surface area contributed by atoms with Gasteiger partial charge in [0.1, 0.15) is 0 Å². The highest BCUT2D eigenvalue weighted by Gasteiger charge is 2.80. The predicted molar refractivity (Wildman–Crippen MR) is 113 cm³/mol. The molecule has 2 saturated heterocycles. The minimum absolute atomic E-state index is 0.0974. The van der Waals surface area contributed by atoms with E-state index in [1.54, 1.807) is 4.90 Å². The monoisotopic (exact) mass is 438 g/mol. The van der Waals surface area contributed by atoms with Crippen molar-refractivity contribution in [3.05, 3.63) is 29.3 Å². The number of esters is 1. The summed E-state index contributed by atoms with van der Waals surface area (Å²) < 4.78 is 22.3. The van der Waals surface area contributed by atoms with Crippen LogP contribution in [-0.4, -0.2) is 62.6 Å². The molecule has 1 aromatic carbocycles. The lowest BCUT2D eigenvalue weighted by molar-refractivity contribution is -0.139. The molecular formula is C24H26N2O6. The summed E-state index contributed by atoms with van der Waals surface area (Å²) in [5, 5.41) is 0. The van der Waals surface area contributed by atoms with Crippen molar-refractivity contribution in [2.75, 3.05) is 39.0 Å². The Labute approximate surface area is 186 Å². The van der Waals surface area contributed by atoms with Crippen molar-refractivity contribution in [1.82, 2.24) is 4.90 Å². The molecule has 4 heterocycles. The molecule has 0 N–H and O–H groups in total. The highest BCUT2D eigenvalue weighted by Crippen LogP contribution is 2.75. The van der Waals surface area contributed by atoms with Gasteiger partial charge in [0.15, 0.2) is 11.5 Å². The lowest BCUT2D eigenvalue weighted by Crippen LogP contribution is -2.75. The van der Waals surface area contributed by atoms with Gasteiger partial charge < -0.3 is 18.9 Å². The molecule has 1 saturated carbocycles. The Morgan fingerprint density at radius 1 is 1.06 bits per heavy atom. The van der Waals surface area contributed by atoms with E-state index in [2.05, 4.69) is 17.0 Å². The van der Waals surface area contributed by atoms with Crippen LogP contribution in [0.15, 0.2) is 23.8 Å². The first-order valence-corrected chi connectivity index (χ1v) is 11.4. The number of amides is 1. The Morgan fingerprint density at radius 2 is 1.94 bits per heavy atom. The maximum atomic E-state index is 13.5. The molecule has 0 radical (unpaired) electrons. The van der Waals surface area contributed by atoms with E-state index in [0.717, 1.165) is 44.3 Å². The van der Waals surface area contributed by atoms with Gasteiger partial charge in [-0.05, 0) is 56.8 Å². The van der Waals surface area contributed by atoms with Crippen LogP contribution >= 0.6 is 0 Å². The molecule has 2 bridgehead atoms. The summed E-state index contributed by atoms with van der Waals surface area (Å²) in [6.45, 7) is 2.10. The smallest absolute Gasteiger partial charge is 0.414 e. The van der Waals surface area contributed by atoms with Crippen LogP contribution in [-0.2, 0) is 19.7 Å². The van der Waals surface area contributed by atoms with Gasteiger partial charge in [-0.3, -0.25) is 9.80 Å². The zero-order chi connectivity index (χ0) is 21.9. The van der Waals surface area contributed by atoms with Crippen LogP contribution in [0.1, 0.15) is 37.7 Å². The number of nitrogens with zero attached hydrogens (tertiary/aromatic N) is 2. The first-order chi connectivity index (χ1) is 15.5. The Kier molecular flexibility index (Phi) is 3.40. The average Bonchev–Trinajstić information content (AvgIpc) is 3.52. The van der Waals surface area contributed by atoms with Gasteiger partial charge in [0, 0.05) is 16.9 Å². The highest BCUT2D eigenvalue weighted by atomic mass is 16.7. The van der Waals surface area contributed by atoms with Crippen molar-refractivity contribution >= 4 is 17.7 Å². The second kappa shape index (κ2) is 5.78. The van der Waals surface area contributed by atoms with Gasteiger partial charge in [-0.2, -0.15) is 0 Å². The lowest BCUT2D eigenvalue weighted by Gasteiger charge is -2.66. The Balaban J connectivity index is 1.62. The largest absolute Gasteiger partial charge is 0.466 e. The number of piperidine rings is 1. The number of ether oxygens (including phenoxy) is 4. The first kappa shape index (κ1) is 18.8. The molecule has 8 rings (SSSR count). The first-order valence-electron chi connectivity index (χ1n) is 11.4. The van der Waals surface area contributed by atoms with E-state index in [-0.39, 0.29) is 24.2 Å². The van der Waals surface area contributed by atoms with Crippen LogP contribution in [0.3, 0.4) is 0 Å². The number of hydrogen-bond acceptors (Lipinski definition) is 7. The third-order valence-corrected chi connectivity index (χ3v) is 9.19. The topological polar surface area (TPSA) is 77.5 Å². The zero-order valence-electron chi connectivity index (χ0n) is 18.3. The SMILES string of the molecule is COC(=O)C1=CC23CCCN4CCC5(c6ccc7c(c6N(C(=O)OC)C15CC2)OCO7)C43. The number of fused-ring (bicyclic) bond motifs is 4. The maximum Gasteiger partial charge on any atom is 0.414 e. The summed E-state index contributed by atoms with van der Waals surface area (Å²) in [7, 11) is 2.81. The van der Waals surface area contributed by atoms with E-state index in [0.29, 0.717) is 29.2 Å². The quantitative estimate of drug-likeness (QED) is 0.624. The Hall–Kier alpha value is -2.74. The van der Waals surface area contributed by atoms with Crippen molar-refractivity contribution in [3.63, 3.8) is 0 Å². The number of carbonyl (C=O) groups excluding carboxylic acids is 2. The zero-order valence-corrected chi connectivity index (χ0v) is 18.3. The van der Waals surface area contributed by atoms with E-state index >= 15 is 0 Å². The van der Waals surface area contributed by atoms with Gasteiger partial charge in [0.25, 0.3) is 0 Å². The molecule has 7 aliphatic rings. The van der Waals surface area contributed by atoms with Crippen LogP contribution in [0.5, 0.6) is 11.5 Å². The van der Waals surface area contributed by atoms with E-state index in [9.17, 15) is 9.59 Å². The van der Waals surface area contributed by atoms with Gasteiger partial charge in [0.05, 0.1) is 31.0 Å². The summed E-state index contributed by atoms with van der Waals surface area (Å²) in [5.41, 5.74) is 0.982. The van der Waals surface area contributed by atoms with E-state index in [1.165, 1.54) is 14.2 Å². The van der Waals surface area contributed by atoms with Gasteiger partial charge in [-0.25, -0.2) is 9.59 Å². The molecule has 4 unspecified atom stereocenters. The molecule has 3 aliphatic carbocycles. The molecule has 4 aliphatic heterocycles. The van der Waals surface area contributed by atoms with E-state index in [4.69, 9.17) is 18.9 Å². The predicted octanol–water partition coefficient (Wildman–Crippen LogP) is 2.74. The van der Waals surface area contributed by atoms with Crippen LogP contribution in [0, 0.1) is 5.41 Å². The molecule has 3 spiro atoms. The summed E-state index contributed by atoms with van der Waals surface area (Å²) in [5.74, 6) is 0.832. The fraction of sp³-hybridized carbons (Fsp3) is 0.583. The average molecular weight is 438 g/mol. The number of benzene rings is 1. The number of anilines is 1. The number of rotatable bonds is 1. The molecule has 8 nitrogen and oxygen atoms in total. The third-order valence-electron chi connectivity index (χ3n) is 9.19. The minimum atomic E-state index is -0.866. The molecule has 1 aromatic rings. The molecule has 3 fully saturated rings. The maximum absolute atomic E-state index is 13.5. The second-order valence-corrected chi connectivity index (χ2v) is 9.91. The van der Waals surface area contributed by atoms with Crippen LogP contribution < -0.4 is 14.4 Å². The Bertz CT molecular complexity index is 1120. The van der Waals surface area contributed by atoms with Crippen molar-refractivity contribution < 1.29 is 28.5 Å². The summed E-state index contributed by atoms with van der Waals surface area (Å²) in [6.07, 6.45) is 6.33. The third kappa shape index (κ3) is 1.73. The van der Waals surface area contributed by atoms with Crippen molar-refractivity contribution in [3.8, 4) is 11.5 Å². The molecule has 1 amide bonds. The molecule has 8 heteroatoms. The normalized spacial score (nSPS) is 37.5. The summed E-state index contributed by atoms with van der Waals surface area (Å²) in [6, 6.07) is 4.26. The molecular weight excluding hydrogens is 412 g/mol. The fourth-order valence-corrected chi connectivity index (χ4v) is 8.42. The summed E-state index contributed by atoms with van der Waals surface area (Å²) in [4.78, 5) is 31.2. The van der Waals surface area contributed by atoms with Crippen molar-refractivity contribution in [1.29, 1.82) is 0 Å². The standard InChI is InChI=1S/C24H26N2O6/c1-29-19(27)15-12-22-6-3-10-25-11-9-23(20(22)25)14-4-5-16-18(32-13-31-16)17(14)26(21(28)30-2)24(15,23)8-7-22/h4-5,12,20H,3,6-11,13H2,1-2H3. The van der Waals surface area contributed by atoms with Gasteiger partial charge in [-0.15, -0.1) is 0 Å². The second-order valence-electron chi connectivity index (χ2n) is 9.91. The number of hydrogen-bond donors (Lipinski definition) is 0. The van der Waals surface area contributed by atoms with Crippen molar-refractivity contribution in [2.45, 2.75) is 49.1 Å². The molecule has 32 heavy (non-hydrogen) atoms. The van der Waals surface area contributed by atoms with E-state index in [1.807, 2.05) is 6.07 Å². The molecule has 4 atom stereocenters. The van der Waals surface area contributed by atoms with Crippen LogP contribution in [0.25, 0.3) is 0 Å². The summed E-state index contributed by atoms with van der Waals surface area (Å²) >= 11 is 0. The fourth-order valence-electron chi connectivity index (χ4n) is 8.42. The van der Waals surface area contributed by atoms with Crippen LogP contribution in [0.2, 0.25) is 0 Å². The van der Waals surface area contributed by atoms with Crippen molar-refractivity contribution in [2.24, 2.45) is 5.41 Å². The lowest BCUT2D eigenvalue weighted by atomic mass is 9.42. The minimum Gasteiger partial charge on any atom is -0.466 e. The van der Waals surface area contributed by atoms with Gasteiger partial charge in [-0.1, -0.05) is 12.1 Å². The number of methoxy groups -OCH3 is 2. The van der Waals surface area contributed by atoms with Gasteiger partial charge in [0.2, 0.25) is 6.79 Å². The molecule has 0 aromatic heterocycles. The van der Waals surface area contributed by atoms with E-state index < -0.39 is 17.0 Å².